The molecule has 1 amide bonds. The first kappa shape index (κ1) is 15.7. The van der Waals surface area contributed by atoms with E-state index in [4.69, 9.17) is 15.6 Å². The van der Waals surface area contributed by atoms with Crippen molar-refractivity contribution in [1.29, 1.82) is 0 Å². The monoisotopic (exact) mass is 273 g/mol. The average molecular weight is 273 g/mol. The van der Waals surface area contributed by atoms with E-state index in [1.807, 2.05) is 0 Å². The maximum atomic E-state index is 11.8. The summed E-state index contributed by atoms with van der Waals surface area (Å²) in [6.07, 6.45) is -0.449. The topological polar surface area (TPSA) is 105 Å². The van der Waals surface area contributed by atoms with E-state index >= 15 is 0 Å². The van der Waals surface area contributed by atoms with Crippen LogP contribution < -0.4 is 11.1 Å². The van der Waals surface area contributed by atoms with Crippen molar-refractivity contribution in [2.24, 2.45) is 5.73 Å². The lowest BCUT2D eigenvalue weighted by Gasteiger charge is -2.49. The third-order valence-electron chi connectivity index (χ3n) is 2.77. The standard InChI is InChI=1S/C12H23N3O4/c1-11(2,3)19-10(18)15-7-12(8-15,6-9(16)17)14-5-4-13/h14H,4-8,13H2,1-3H3,(H,16,17). The maximum Gasteiger partial charge on any atom is 0.410 e. The number of hydrogen-bond acceptors (Lipinski definition) is 5. The number of nitrogens with one attached hydrogen (secondary N) is 1. The number of carboxylic acid groups (broad SMARTS) is 1. The Hall–Kier alpha value is -1.34. The molecule has 7 nitrogen and oxygen atoms in total. The van der Waals surface area contributed by atoms with Crippen LogP contribution >= 0.6 is 0 Å². The molecule has 0 aliphatic carbocycles. The van der Waals surface area contributed by atoms with Crippen molar-refractivity contribution in [3.8, 4) is 0 Å². The third kappa shape index (κ3) is 4.68. The highest BCUT2D eigenvalue weighted by Crippen LogP contribution is 2.26. The summed E-state index contributed by atoms with van der Waals surface area (Å²) in [6.45, 7) is 6.98. The molecule has 0 aromatic heterocycles. The molecule has 1 saturated heterocycles. The Morgan fingerprint density at radius 1 is 1.42 bits per heavy atom. The molecule has 7 heteroatoms. The van der Waals surface area contributed by atoms with E-state index in [2.05, 4.69) is 5.32 Å². The van der Waals surface area contributed by atoms with Gasteiger partial charge in [0.15, 0.2) is 0 Å². The van der Waals surface area contributed by atoms with Crippen LogP contribution in [0.2, 0.25) is 0 Å². The Morgan fingerprint density at radius 3 is 2.42 bits per heavy atom. The Labute approximate surface area is 113 Å². The summed E-state index contributed by atoms with van der Waals surface area (Å²) in [5.74, 6) is -0.895. The lowest BCUT2D eigenvalue weighted by Crippen LogP contribution is -2.71. The summed E-state index contributed by atoms with van der Waals surface area (Å²) in [5, 5.41) is 12.0. The molecular formula is C12H23N3O4. The quantitative estimate of drug-likeness (QED) is 0.651. The Morgan fingerprint density at radius 2 is 2.00 bits per heavy atom. The molecule has 0 unspecified atom stereocenters. The molecule has 19 heavy (non-hydrogen) atoms. The second kappa shape index (κ2) is 5.75. The van der Waals surface area contributed by atoms with Crippen LogP contribution in [0, 0.1) is 0 Å². The van der Waals surface area contributed by atoms with E-state index in [9.17, 15) is 9.59 Å². The summed E-state index contributed by atoms with van der Waals surface area (Å²) in [6, 6.07) is 0. The number of likely N-dealkylation sites (tertiary alicyclic amines) is 1. The minimum atomic E-state index is -0.895. The first-order valence-electron chi connectivity index (χ1n) is 6.32. The summed E-state index contributed by atoms with van der Waals surface area (Å²) in [7, 11) is 0. The van der Waals surface area contributed by atoms with Gasteiger partial charge in [0.2, 0.25) is 0 Å². The van der Waals surface area contributed by atoms with Gasteiger partial charge in [0, 0.05) is 26.2 Å². The smallest absolute Gasteiger partial charge is 0.410 e. The number of nitrogens with zero attached hydrogens (tertiary/aromatic N) is 1. The fourth-order valence-electron chi connectivity index (χ4n) is 2.05. The number of amides is 1. The predicted molar refractivity (Wildman–Crippen MR) is 69.8 cm³/mol. The lowest BCUT2D eigenvalue weighted by atomic mass is 9.86. The van der Waals surface area contributed by atoms with Gasteiger partial charge in [-0.3, -0.25) is 4.79 Å². The fraction of sp³-hybridized carbons (Fsp3) is 0.833. The van der Waals surface area contributed by atoms with Gasteiger partial charge >= 0.3 is 12.1 Å². The maximum absolute atomic E-state index is 11.8. The molecule has 0 bridgehead atoms. The van der Waals surface area contributed by atoms with Crippen molar-refractivity contribution in [3.63, 3.8) is 0 Å². The van der Waals surface area contributed by atoms with Gasteiger partial charge < -0.3 is 25.8 Å². The van der Waals surface area contributed by atoms with E-state index in [1.165, 1.54) is 4.90 Å². The number of aliphatic carboxylic acids is 1. The van der Waals surface area contributed by atoms with Crippen molar-refractivity contribution in [2.75, 3.05) is 26.2 Å². The molecule has 1 aliphatic heterocycles. The van der Waals surface area contributed by atoms with Crippen molar-refractivity contribution >= 4 is 12.1 Å². The highest BCUT2D eigenvalue weighted by atomic mass is 16.6. The normalized spacial score (nSPS) is 17.8. The molecule has 0 atom stereocenters. The van der Waals surface area contributed by atoms with Crippen LogP contribution in [0.25, 0.3) is 0 Å². The lowest BCUT2D eigenvalue weighted by molar-refractivity contribution is -0.141. The number of carbonyl (C=O) groups is 2. The van der Waals surface area contributed by atoms with E-state index in [-0.39, 0.29) is 6.42 Å². The number of nitrogens with two attached hydrogens (primary N) is 1. The van der Waals surface area contributed by atoms with E-state index < -0.39 is 23.2 Å². The molecule has 0 radical (unpaired) electrons. The molecule has 0 aromatic carbocycles. The molecular weight excluding hydrogens is 250 g/mol. The molecule has 1 heterocycles. The van der Waals surface area contributed by atoms with Crippen LogP contribution in [0.3, 0.4) is 0 Å². The van der Waals surface area contributed by atoms with Gasteiger partial charge in [-0.2, -0.15) is 0 Å². The minimum Gasteiger partial charge on any atom is -0.481 e. The molecule has 1 fully saturated rings. The largest absolute Gasteiger partial charge is 0.481 e. The van der Waals surface area contributed by atoms with Crippen LogP contribution in [-0.2, 0) is 9.53 Å². The number of carbonyl (C=O) groups excluding carboxylic acids is 1. The van der Waals surface area contributed by atoms with Crippen molar-refractivity contribution < 1.29 is 19.4 Å². The van der Waals surface area contributed by atoms with Gasteiger partial charge in [-0.1, -0.05) is 0 Å². The van der Waals surface area contributed by atoms with E-state index in [0.29, 0.717) is 26.2 Å². The zero-order valence-electron chi connectivity index (χ0n) is 11.7. The first-order chi connectivity index (χ1) is 8.67. The molecule has 0 saturated carbocycles. The van der Waals surface area contributed by atoms with Gasteiger partial charge in [-0.05, 0) is 20.8 Å². The van der Waals surface area contributed by atoms with Gasteiger partial charge in [0.05, 0.1) is 12.0 Å². The second-order valence-electron chi connectivity index (χ2n) is 5.90. The minimum absolute atomic E-state index is 0.0354. The fourth-order valence-corrected chi connectivity index (χ4v) is 2.05. The van der Waals surface area contributed by atoms with Crippen LogP contribution in [0.1, 0.15) is 27.2 Å². The van der Waals surface area contributed by atoms with Crippen molar-refractivity contribution in [1.82, 2.24) is 10.2 Å². The van der Waals surface area contributed by atoms with E-state index in [0.717, 1.165) is 0 Å². The number of carboxylic acids is 1. The molecule has 0 aromatic rings. The Kier molecular flexibility index (Phi) is 4.75. The van der Waals surface area contributed by atoms with E-state index in [1.54, 1.807) is 20.8 Å². The number of hydrogen-bond donors (Lipinski definition) is 3. The SMILES string of the molecule is CC(C)(C)OC(=O)N1CC(CC(=O)O)(NCCN)C1. The summed E-state index contributed by atoms with van der Waals surface area (Å²) >= 11 is 0. The summed E-state index contributed by atoms with van der Waals surface area (Å²) < 4.78 is 5.23. The summed E-state index contributed by atoms with van der Waals surface area (Å²) in [5.41, 5.74) is 4.28. The highest BCUT2D eigenvalue weighted by Gasteiger charge is 2.47. The number of rotatable bonds is 5. The highest BCUT2D eigenvalue weighted by molar-refractivity contribution is 5.73. The zero-order chi connectivity index (χ0) is 14.7. The van der Waals surface area contributed by atoms with Crippen LogP contribution in [-0.4, -0.2) is 59.4 Å². The van der Waals surface area contributed by atoms with Gasteiger partial charge in [0.25, 0.3) is 0 Å². The van der Waals surface area contributed by atoms with Crippen LogP contribution in [0.4, 0.5) is 4.79 Å². The second-order valence-corrected chi connectivity index (χ2v) is 5.90. The molecule has 4 N–H and O–H groups in total. The van der Waals surface area contributed by atoms with Gasteiger partial charge in [-0.15, -0.1) is 0 Å². The first-order valence-corrected chi connectivity index (χ1v) is 6.32. The van der Waals surface area contributed by atoms with Gasteiger partial charge in [0.1, 0.15) is 5.60 Å². The third-order valence-corrected chi connectivity index (χ3v) is 2.77. The molecule has 1 aliphatic rings. The van der Waals surface area contributed by atoms with Crippen molar-refractivity contribution in [2.45, 2.75) is 38.3 Å². The number of ether oxygens (including phenoxy) is 1. The zero-order valence-corrected chi connectivity index (χ0v) is 11.7. The average Bonchev–Trinajstić information content (AvgIpc) is 2.17. The predicted octanol–water partition coefficient (Wildman–Crippen LogP) is -0.00110. The summed E-state index contributed by atoms with van der Waals surface area (Å²) in [4.78, 5) is 24.2. The Balaban J connectivity index is 2.53. The van der Waals surface area contributed by atoms with Crippen LogP contribution in [0.15, 0.2) is 0 Å². The molecule has 110 valence electrons. The van der Waals surface area contributed by atoms with Crippen molar-refractivity contribution in [3.05, 3.63) is 0 Å². The van der Waals surface area contributed by atoms with Gasteiger partial charge in [-0.25, -0.2) is 4.79 Å². The molecule has 1 rings (SSSR count). The Bertz CT molecular complexity index is 345. The van der Waals surface area contributed by atoms with Crippen LogP contribution in [0.5, 0.6) is 0 Å². The molecule has 0 spiro atoms.